The highest BCUT2D eigenvalue weighted by Gasteiger charge is 2.39. The van der Waals surface area contributed by atoms with Crippen LogP contribution in [0.2, 0.25) is 0 Å². The molecule has 1 aromatic rings. The predicted octanol–water partition coefficient (Wildman–Crippen LogP) is 3.28. The molecule has 0 bridgehead atoms. The van der Waals surface area contributed by atoms with Crippen molar-refractivity contribution in [3.63, 3.8) is 0 Å². The summed E-state index contributed by atoms with van der Waals surface area (Å²) < 4.78 is 70.1. The Labute approximate surface area is 105 Å². The number of ether oxygens (including phenoxy) is 2. The highest BCUT2D eigenvalue weighted by Crippen LogP contribution is 2.37. The van der Waals surface area contributed by atoms with Crippen molar-refractivity contribution in [2.75, 3.05) is 6.61 Å². The van der Waals surface area contributed by atoms with Gasteiger partial charge in [0, 0.05) is 0 Å². The average Bonchev–Trinajstić information content (AvgIpc) is 2.29. The highest BCUT2D eigenvalue weighted by molar-refractivity contribution is 5.44. The van der Waals surface area contributed by atoms with Crippen molar-refractivity contribution < 1.29 is 36.5 Å². The van der Waals surface area contributed by atoms with E-state index in [1.165, 1.54) is 6.92 Å². The number of hydrogen-bond donors (Lipinski definition) is 1. The number of rotatable bonds is 5. The van der Waals surface area contributed by atoms with Crippen LogP contribution in [0.3, 0.4) is 0 Å². The SMILES string of the molecule is CCOc1cc(C(O)C(F)(F)F)ccc1OC(F)F. The zero-order chi connectivity index (χ0) is 14.6. The highest BCUT2D eigenvalue weighted by atomic mass is 19.4. The third kappa shape index (κ3) is 4.23. The molecule has 3 nitrogen and oxygen atoms in total. The van der Waals surface area contributed by atoms with E-state index in [1.807, 2.05) is 0 Å². The standard InChI is InChI=1S/C11H11F5O3/c1-2-18-8-5-6(9(17)11(14,15)16)3-4-7(8)19-10(12)13/h3-5,9-10,17H,2H2,1H3. The lowest BCUT2D eigenvalue weighted by Gasteiger charge is -2.17. The molecule has 0 aliphatic rings. The van der Waals surface area contributed by atoms with Gasteiger partial charge < -0.3 is 14.6 Å². The molecule has 0 spiro atoms. The van der Waals surface area contributed by atoms with Gasteiger partial charge in [0.1, 0.15) is 0 Å². The Kier molecular flexibility index (Phi) is 4.93. The molecule has 0 fully saturated rings. The van der Waals surface area contributed by atoms with Crippen LogP contribution in [0.15, 0.2) is 18.2 Å². The molecule has 1 N–H and O–H groups in total. The lowest BCUT2D eigenvalue weighted by molar-refractivity contribution is -0.206. The van der Waals surface area contributed by atoms with Gasteiger partial charge in [0.2, 0.25) is 0 Å². The first-order chi connectivity index (χ1) is 8.75. The van der Waals surface area contributed by atoms with E-state index >= 15 is 0 Å². The summed E-state index contributed by atoms with van der Waals surface area (Å²) in [6.45, 7) is -1.55. The molecule has 108 valence electrons. The molecule has 0 saturated carbocycles. The fourth-order valence-electron chi connectivity index (χ4n) is 1.35. The van der Waals surface area contributed by atoms with Gasteiger partial charge in [-0.15, -0.1) is 0 Å². The minimum absolute atomic E-state index is 0.0468. The lowest BCUT2D eigenvalue weighted by atomic mass is 10.1. The number of alkyl halides is 5. The molecule has 0 saturated heterocycles. The summed E-state index contributed by atoms with van der Waals surface area (Å²) in [4.78, 5) is 0. The Morgan fingerprint density at radius 2 is 1.84 bits per heavy atom. The second kappa shape index (κ2) is 6.05. The molecule has 0 aliphatic carbocycles. The van der Waals surface area contributed by atoms with Crippen LogP contribution in [0.5, 0.6) is 11.5 Å². The van der Waals surface area contributed by atoms with Crippen LogP contribution in [0, 0.1) is 0 Å². The topological polar surface area (TPSA) is 38.7 Å². The van der Waals surface area contributed by atoms with E-state index in [0.29, 0.717) is 0 Å². The second-order valence-electron chi connectivity index (χ2n) is 3.46. The smallest absolute Gasteiger partial charge is 0.418 e. The van der Waals surface area contributed by atoms with Crippen LogP contribution < -0.4 is 9.47 Å². The van der Waals surface area contributed by atoms with Crippen LogP contribution >= 0.6 is 0 Å². The van der Waals surface area contributed by atoms with E-state index in [9.17, 15) is 22.0 Å². The van der Waals surface area contributed by atoms with Crippen LogP contribution in [-0.2, 0) is 0 Å². The fraction of sp³-hybridized carbons (Fsp3) is 0.455. The minimum Gasteiger partial charge on any atom is -0.490 e. The Bertz CT molecular complexity index is 419. The maximum absolute atomic E-state index is 12.3. The van der Waals surface area contributed by atoms with Gasteiger partial charge in [-0.25, -0.2) is 0 Å². The molecule has 0 heterocycles. The molecule has 1 unspecified atom stereocenters. The Balaban J connectivity index is 3.08. The zero-order valence-electron chi connectivity index (χ0n) is 9.75. The predicted molar refractivity (Wildman–Crippen MR) is 55.3 cm³/mol. The molecule has 8 heteroatoms. The quantitative estimate of drug-likeness (QED) is 0.844. The summed E-state index contributed by atoms with van der Waals surface area (Å²) in [5.74, 6) is -0.682. The van der Waals surface area contributed by atoms with Gasteiger partial charge in [-0.3, -0.25) is 0 Å². The van der Waals surface area contributed by atoms with Crippen molar-refractivity contribution in [2.24, 2.45) is 0 Å². The van der Waals surface area contributed by atoms with Crippen LogP contribution in [-0.4, -0.2) is 24.5 Å². The van der Waals surface area contributed by atoms with E-state index in [4.69, 9.17) is 9.84 Å². The molecule has 0 aliphatic heterocycles. The summed E-state index contributed by atoms with van der Waals surface area (Å²) in [6, 6.07) is 2.55. The largest absolute Gasteiger partial charge is 0.490 e. The van der Waals surface area contributed by atoms with Gasteiger partial charge in [-0.2, -0.15) is 22.0 Å². The van der Waals surface area contributed by atoms with E-state index in [1.54, 1.807) is 0 Å². The Hall–Kier alpha value is -1.57. The Morgan fingerprint density at radius 1 is 1.21 bits per heavy atom. The first kappa shape index (κ1) is 15.5. The van der Waals surface area contributed by atoms with Crippen molar-refractivity contribution in [3.05, 3.63) is 23.8 Å². The summed E-state index contributed by atoms with van der Waals surface area (Å²) in [7, 11) is 0. The lowest BCUT2D eigenvalue weighted by Crippen LogP contribution is -2.20. The first-order valence-corrected chi connectivity index (χ1v) is 5.22. The van der Waals surface area contributed by atoms with Gasteiger partial charge in [-0.1, -0.05) is 6.07 Å². The van der Waals surface area contributed by atoms with Crippen molar-refractivity contribution in [1.82, 2.24) is 0 Å². The summed E-state index contributed by atoms with van der Waals surface area (Å²) in [5.41, 5.74) is -0.516. The van der Waals surface area contributed by atoms with Crippen LogP contribution in [0.1, 0.15) is 18.6 Å². The molecule has 0 radical (unpaired) electrons. The van der Waals surface area contributed by atoms with Gasteiger partial charge in [-0.05, 0) is 24.6 Å². The maximum atomic E-state index is 12.3. The summed E-state index contributed by atoms with van der Waals surface area (Å²) >= 11 is 0. The molecule has 1 rings (SSSR count). The zero-order valence-corrected chi connectivity index (χ0v) is 9.75. The molecule has 1 atom stereocenters. The Morgan fingerprint density at radius 3 is 2.32 bits per heavy atom. The van der Waals surface area contributed by atoms with Gasteiger partial charge in [0.25, 0.3) is 0 Å². The van der Waals surface area contributed by atoms with E-state index < -0.39 is 30.2 Å². The second-order valence-corrected chi connectivity index (χ2v) is 3.46. The molecule has 0 aromatic heterocycles. The third-order valence-corrected chi connectivity index (χ3v) is 2.11. The monoisotopic (exact) mass is 286 g/mol. The maximum Gasteiger partial charge on any atom is 0.418 e. The summed E-state index contributed by atoms with van der Waals surface area (Å²) in [6.07, 6.45) is -7.57. The number of benzene rings is 1. The van der Waals surface area contributed by atoms with Gasteiger partial charge in [0.05, 0.1) is 6.61 Å². The van der Waals surface area contributed by atoms with Crippen molar-refractivity contribution in [3.8, 4) is 11.5 Å². The molecular formula is C11H11F5O3. The summed E-state index contributed by atoms with van der Waals surface area (Å²) in [5, 5.41) is 9.05. The normalized spacial score (nSPS) is 13.5. The number of halogens is 5. The van der Waals surface area contributed by atoms with Gasteiger partial charge in [0.15, 0.2) is 17.6 Å². The first-order valence-electron chi connectivity index (χ1n) is 5.22. The van der Waals surface area contributed by atoms with E-state index in [2.05, 4.69) is 4.74 Å². The number of hydrogen-bond acceptors (Lipinski definition) is 3. The molecule has 1 aromatic carbocycles. The van der Waals surface area contributed by atoms with Gasteiger partial charge >= 0.3 is 12.8 Å². The van der Waals surface area contributed by atoms with Crippen LogP contribution in [0.4, 0.5) is 22.0 Å². The molecule has 0 amide bonds. The fourth-order valence-corrected chi connectivity index (χ4v) is 1.35. The van der Waals surface area contributed by atoms with Crippen molar-refractivity contribution in [2.45, 2.75) is 25.8 Å². The molecule has 19 heavy (non-hydrogen) atoms. The average molecular weight is 286 g/mol. The number of aliphatic hydroxyl groups excluding tert-OH is 1. The number of aliphatic hydroxyl groups is 1. The van der Waals surface area contributed by atoms with E-state index in [-0.39, 0.29) is 12.4 Å². The molecular weight excluding hydrogens is 275 g/mol. The van der Waals surface area contributed by atoms with Crippen LogP contribution in [0.25, 0.3) is 0 Å². The third-order valence-electron chi connectivity index (χ3n) is 2.11. The van der Waals surface area contributed by atoms with E-state index in [0.717, 1.165) is 18.2 Å². The van der Waals surface area contributed by atoms with Crippen molar-refractivity contribution >= 4 is 0 Å². The minimum atomic E-state index is -4.85. The van der Waals surface area contributed by atoms with Crippen molar-refractivity contribution in [1.29, 1.82) is 0 Å².